The van der Waals surface area contributed by atoms with Gasteiger partial charge in [-0.25, -0.2) is 4.39 Å². The zero-order valence-corrected chi connectivity index (χ0v) is 17.5. The van der Waals surface area contributed by atoms with E-state index in [4.69, 9.17) is 9.84 Å². The number of benzene rings is 3. The topological polar surface area (TPSA) is 66.8 Å². The molecule has 2 atom stereocenters. The molecule has 1 amide bonds. The molecule has 4 rings (SSSR count). The third-order valence-corrected chi connectivity index (χ3v) is 5.69. The fourth-order valence-electron chi connectivity index (χ4n) is 4.08. The van der Waals surface area contributed by atoms with E-state index in [1.54, 1.807) is 17.0 Å². The quantitative estimate of drug-likeness (QED) is 0.461. The minimum absolute atomic E-state index is 0.0271. The van der Waals surface area contributed by atoms with Gasteiger partial charge >= 0.3 is 5.97 Å². The van der Waals surface area contributed by atoms with Crippen LogP contribution in [0.5, 0.6) is 5.75 Å². The number of ether oxygens (including phenoxy) is 1. The van der Waals surface area contributed by atoms with Crippen molar-refractivity contribution >= 4 is 17.6 Å². The predicted octanol–water partition coefficient (Wildman–Crippen LogP) is 5.36. The summed E-state index contributed by atoms with van der Waals surface area (Å²) in [6.45, 7) is 0.460. The lowest BCUT2D eigenvalue weighted by atomic mass is 9.78. The molecule has 0 aromatic heterocycles. The van der Waals surface area contributed by atoms with Gasteiger partial charge in [0.25, 0.3) is 0 Å². The highest BCUT2D eigenvalue weighted by Gasteiger charge is 2.48. The molecule has 0 aliphatic carbocycles. The predicted molar refractivity (Wildman–Crippen MR) is 119 cm³/mol. The van der Waals surface area contributed by atoms with Crippen molar-refractivity contribution in [2.45, 2.75) is 31.9 Å². The van der Waals surface area contributed by atoms with Crippen molar-refractivity contribution in [3.05, 3.63) is 95.8 Å². The highest BCUT2D eigenvalue weighted by molar-refractivity contribution is 6.03. The number of carboxylic acid groups (broad SMARTS) is 1. The highest BCUT2D eigenvalue weighted by atomic mass is 19.1. The largest absolute Gasteiger partial charge is 0.489 e. The van der Waals surface area contributed by atoms with E-state index in [9.17, 15) is 14.0 Å². The van der Waals surface area contributed by atoms with Crippen LogP contribution >= 0.6 is 0 Å². The molecule has 2 unspecified atom stereocenters. The van der Waals surface area contributed by atoms with Crippen LogP contribution in [0.15, 0.2) is 78.9 Å². The number of carboxylic acids is 1. The van der Waals surface area contributed by atoms with Gasteiger partial charge in [-0.05, 0) is 60.4 Å². The molecule has 3 aromatic carbocycles. The number of hydrogen-bond acceptors (Lipinski definition) is 3. The Morgan fingerprint density at radius 3 is 2.31 bits per heavy atom. The number of anilines is 1. The summed E-state index contributed by atoms with van der Waals surface area (Å²) in [6, 6.07) is 23.1. The molecule has 1 fully saturated rings. The summed E-state index contributed by atoms with van der Waals surface area (Å²) in [5, 5.41) is 8.94. The van der Waals surface area contributed by atoms with Crippen LogP contribution in [-0.2, 0) is 16.2 Å². The molecule has 32 heavy (non-hydrogen) atoms. The molecule has 0 spiro atoms. The number of aliphatic carboxylic acids is 1. The van der Waals surface area contributed by atoms with Crippen LogP contribution in [0.4, 0.5) is 10.1 Å². The zero-order chi connectivity index (χ0) is 22.5. The Labute approximate surface area is 186 Å². The van der Waals surface area contributed by atoms with E-state index >= 15 is 0 Å². The second-order valence-electron chi connectivity index (χ2n) is 7.87. The maximum Gasteiger partial charge on any atom is 0.303 e. The molecule has 1 N–H and O–H groups in total. The first-order chi connectivity index (χ1) is 15.5. The van der Waals surface area contributed by atoms with Crippen molar-refractivity contribution in [2.24, 2.45) is 5.92 Å². The van der Waals surface area contributed by atoms with Gasteiger partial charge in [0.2, 0.25) is 5.91 Å². The van der Waals surface area contributed by atoms with Crippen molar-refractivity contribution < 1.29 is 23.8 Å². The molecule has 1 aliphatic rings. The van der Waals surface area contributed by atoms with Gasteiger partial charge in [0.05, 0.1) is 12.0 Å². The summed E-state index contributed by atoms with van der Waals surface area (Å²) in [7, 11) is 0. The lowest BCUT2D eigenvalue weighted by Gasteiger charge is -2.47. The van der Waals surface area contributed by atoms with E-state index in [-0.39, 0.29) is 30.1 Å². The highest BCUT2D eigenvalue weighted by Crippen LogP contribution is 2.46. The monoisotopic (exact) mass is 433 g/mol. The lowest BCUT2D eigenvalue weighted by molar-refractivity contribution is -0.138. The van der Waals surface area contributed by atoms with Crippen LogP contribution in [0.25, 0.3) is 0 Å². The van der Waals surface area contributed by atoms with Crippen molar-refractivity contribution in [2.75, 3.05) is 4.90 Å². The number of β-lactam (4-membered cyclic amide) rings is 1. The maximum absolute atomic E-state index is 13.4. The molecule has 1 heterocycles. The number of rotatable bonds is 9. The van der Waals surface area contributed by atoms with Crippen molar-refractivity contribution in [1.82, 2.24) is 0 Å². The standard InChI is InChI=1S/C26H24FNO4/c27-20-11-13-21(14-12-20)28-25(23(26(28)31)7-4-8-24(29)30)19-9-15-22(16-10-19)32-17-18-5-2-1-3-6-18/h1-3,5-6,9-16,23,25H,4,7-8,17H2,(H,29,30). The first kappa shape index (κ1) is 21.6. The summed E-state index contributed by atoms with van der Waals surface area (Å²) in [6.07, 6.45) is 0.941. The van der Waals surface area contributed by atoms with Crippen molar-refractivity contribution in [3.8, 4) is 5.75 Å². The molecule has 0 bridgehead atoms. The molecular weight excluding hydrogens is 409 g/mol. The minimum Gasteiger partial charge on any atom is -0.489 e. The van der Waals surface area contributed by atoms with E-state index < -0.39 is 5.97 Å². The van der Waals surface area contributed by atoms with E-state index in [1.807, 2.05) is 54.6 Å². The lowest BCUT2D eigenvalue weighted by Crippen LogP contribution is -2.55. The van der Waals surface area contributed by atoms with Crippen LogP contribution in [0.1, 0.15) is 36.4 Å². The van der Waals surface area contributed by atoms with Crippen LogP contribution in [0, 0.1) is 11.7 Å². The molecule has 6 heteroatoms. The fraction of sp³-hybridized carbons (Fsp3) is 0.231. The van der Waals surface area contributed by atoms with Gasteiger partial charge in [0.15, 0.2) is 0 Å². The zero-order valence-electron chi connectivity index (χ0n) is 17.5. The normalized spacial score (nSPS) is 17.7. The molecule has 1 aliphatic heterocycles. The number of amides is 1. The summed E-state index contributed by atoms with van der Waals surface area (Å²) in [4.78, 5) is 25.4. The van der Waals surface area contributed by atoms with E-state index in [2.05, 4.69) is 0 Å². The third-order valence-electron chi connectivity index (χ3n) is 5.69. The summed E-state index contributed by atoms with van der Waals surface area (Å²) >= 11 is 0. The molecule has 164 valence electrons. The minimum atomic E-state index is -0.872. The van der Waals surface area contributed by atoms with E-state index in [0.29, 0.717) is 25.1 Å². The second-order valence-corrected chi connectivity index (χ2v) is 7.87. The Bertz CT molecular complexity index is 1070. The molecule has 3 aromatic rings. The summed E-state index contributed by atoms with van der Waals surface area (Å²) < 4.78 is 19.2. The number of nitrogens with zero attached hydrogens (tertiary/aromatic N) is 1. The molecule has 5 nitrogen and oxygen atoms in total. The van der Waals surface area contributed by atoms with Gasteiger partial charge in [-0.2, -0.15) is 0 Å². The van der Waals surface area contributed by atoms with Gasteiger partial charge < -0.3 is 14.7 Å². The Hall–Kier alpha value is -3.67. The van der Waals surface area contributed by atoms with Crippen molar-refractivity contribution in [1.29, 1.82) is 0 Å². The van der Waals surface area contributed by atoms with Crippen LogP contribution in [0.2, 0.25) is 0 Å². The first-order valence-corrected chi connectivity index (χ1v) is 10.6. The van der Waals surface area contributed by atoms with Gasteiger partial charge in [-0.15, -0.1) is 0 Å². The summed E-state index contributed by atoms with van der Waals surface area (Å²) in [5.74, 6) is -0.897. The fourth-order valence-corrected chi connectivity index (χ4v) is 4.08. The number of carbonyl (C=O) groups is 2. The second kappa shape index (κ2) is 9.64. The number of carbonyl (C=O) groups excluding carboxylic acids is 1. The molecule has 0 saturated carbocycles. The van der Waals surface area contributed by atoms with Gasteiger partial charge in [0, 0.05) is 12.1 Å². The van der Waals surface area contributed by atoms with E-state index in [0.717, 1.165) is 16.9 Å². The van der Waals surface area contributed by atoms with E-state index in [1.165, 1.54) is 12.1 Å². The average Bonchev–Trinajstić information content (AvgIpc) is 2.81. The Morgan fingerprint density at radius 2 is 1.66 bits per heavy atom. The van der Waals surface area contributed by atoms with Crippen LogP contribution in [-0.4, -0.2) is 17.0 Å². The van der Waals surface area contributed by atoms with Crippen LogP contribution in [0.3, 0.4) is 0 Å². The van der Waals surface area contributed by atoms with Gasteiger partial charge in [-0.1, -0.05) is 42.5 Å². The Kier molecular flexibility index (Phi) is 6.50. The van der Waals surface area contributed by atoms with Gasteiger partial charge in [0.1, 0.15) is 18.2 Å². The summed E-state index contributed by atoms with van der Waals surface area (Å²) in [5.41, 5.74) is 2.63. The number of hydrogen-bond donors (Lipinski definition) is 1. The van der Waals surface area contributed by atoms with Crippen LogP contribution < -0.4 is 9.64 Å². The average molecular weight is 433 g/mol. The SMILES string of the molecule is O=C(O)CCCC1C(=O)N(c2ccc(F)cc2)C1c1ccc(OCc2ccccc2)cc1. The Morgan fingerprint density at radius 1 is 0.969 bits per heavy atom. The van der Waals surface area contributed by atoms with Gasteiger partial charge in [-0.3, -0.25) is 9.59 Å². The molecular formula is C26H24FNO4. The number of halogens is 1. The Balaban J connectivity index is 1.51. The first-order valence-electron chi connectivity index (χ1n) is 10.6. The van der Waals surface area contributed by atoms with Crippen molar-refractivity contribution in [3.63, 3.8) is 0 Å². The smallest absolute Gasteiger partial charge is 0.303 e. The maximum atomic E-state index is 13.4. The molecule has 1 saturated heterocycles. The third kappa shape index (κ3) is 4.80. The molecule has 0 radical (unpaired) electrons.